The normalized spacial score (nSPS) is 21.3. The SMILES string of the molecule is CC1CCCC(NC(=O)CSc2nc3ccccc3c(=O)[nH]2)C1. The first-order chi connectivity index (χ1) is 11.1. The molecule has 2 aromatic rings. The van der Waals surface area contributed by atoms with Crippen LogP contribution in [0.2, 0.25) is 0 Å². The number of benzene rings is 1. The summed E-state index contributed by atoms with van der Waals surface area (Å²) in [5.74, 6) is 0.955. The van der Waals surface area contributed by atoms with E-state index in [2.05, 4.69) is 22.2 Å². The van der Waals surface area contributed by atoms with Gasteiger partial charge in [0.15, 0.2) is 5.16 Å². The van der Waals surface area contributed by atoms with Gasteiger partial charge >= 0.3 is 0 Å². The second-order valence-electron chi connectivity index (χ2n) is 6.21. The molecule has 23 heavy (non-hydrogen) atoms. The molecule has 3 rings (SSSR count). The lowest BCUT2D eigenvalue weighted by molar-refractivity contribution is -0.119. The van der Waals surface area contributed by atoms with E-state index in [-0.39, 0.29) is 23.3 Å². The Morgan fingerprint density at radius 2 is 2.22 bits per heavy atom. The molecule has 1 aliphatic carbocycles. The standard InChI is InChI=1S/C17H21N3O2S/c1-11-5-4-6-12(9-11)18-15(21)10-23-17-19-14-8-3-2-7-13(14)16(22)20-17/h2-3,7-8,11-12H,4-6,9-10H2,1H3,(H,18,21)(H,19,20,22). The van der Waals surface area contributed by atoms with Gasteiger partial charge in [0.05, 0.1) is 16.7 Å². The Balaban J connectivity index is 1.59. The molecule has 1 fully saturated rings. The van der Waals surface area contributed by atoms with E-state index in [1.165, 1.54) is 24.6 Å². The minimum atomic E-state index is -0.167. The molecular formula is C17H21N3O2S. The lowest BCUT2D eigenvalue weighted by atomic mass is 9.87. The minimum absolute atomic E-state index is 0.00454. The second-order valence-corrected chi connectivity index (χ2v) is 7.18. The summed E-state index contributed by atoms with van der Waals surface area (Å²) in [6, 6.07) is 7.49. The number of nitrogens with zero attached hydrogens (tertiary/aromatic N) is 1. The Morgan fingerprint density at radius 1 is 1.39 bits per heavy atom. The number of para-hydroxylation sites is 1. The summed E-state index contributed by atoms with van der Waals surface area (Å²) >= 11 is 1.27. The summed E-state index contributed by atoms with van der Waals surface area (Å²) in [7, 11) is 0. The number of carbonyl (C=O) groups excluding carboxylic acids is 1. The molecule has 1 heterocycles. The first kappa shape index (κ1) is 16.1. The van der Waals surface area contributed by atoms with Gasteiger partial charge < -0.3 is 10.3 Å². The Kier molecular flexibility index (Phi) is 5.00. The zero-order valence-electron chi connectivity index (χ0n) is 13.2. The highest BCUT2D eigenvalue weighted by atomic mass is 32.2. The number of thioether (sulfide) groups is 1. The van der Waals surface area contributed by atoms with Crippen LogP contribution in [0.4, 0.5) is 0 Å². The molecule has 2 atom stereocenters. The fourth-order valence-corrected chi connectivity index (χ4v) is 3.78. The van der Waals surface area contributed by atoms with Gasteiger partial charge in [0.2, 0.25) is 5.91 Å². The quantitative estimate of drug-likeness (QED) is 0.667. The number of aromatic nitrogens is 2. The predicted octanol–water partition coefficient (Wildman–Crippen LogP) is 2.71. The van der Waals surface area contributed by atoms with Crippen LogP contribution in [0.25, 0.3) is 10.9 Å². The summed E-state index contributed by atoms with van der Waals surface area (Å²) in [5, 5.41) is 4.15. The van der Waals surface area contributed by atoms with Crippen molar-refractivity contribution in [2.24, 2.45) is 5.92 Å². The summed E-state index contributed by atoms with van der Waals surface area (Å²) < 4.78 is 0. The van der Waals surface area contributed by atoms with E-state index in [9.17, 15) is 9.59 Å². The van der Waals surface area contributed by atoms with Crippen LogP contribution >= 0.6 is 11.8 Å². The van der Waals surface area contributed by atoms with Gasteiger partial charge in [-0.15, -0.1) is 0 Å². The summed E-state index contributed by atoms with van der Waals surface area (Å²) in [5.41, 5.74) is 0.486. The largest absolute Gasteiger partial charge is 0.353 e. The van der Waals surface area contributed by atoms with Crippen LogP contribution in [-0.2, 0) is 4.79 Å². The smallest absolute Gasteiger partial charge is 0.259 e. The lowest BCUT2D eigenvalue weighted by Gasteiger charge is -2.27. The Labute approximate surface area is 139 Å². The molecule has 1 amide bonds. The molecule has 0 saturated heterocycles. The first-order valence-electron chi connectivity index (χ1n) is 8.03. The van der Waals surface area contributed by atoms with Gasteiger partial charge in [-0.05, 0) is 30.9 Å². The highest BCUT2D eigenvalue weighted by Gasteiger charge is 2.20. The van der Waals surface area contributed by atoms with Crippen LogP contribution in [0, 0.1) is 5.92 Å². The van der Waals surface area contributed by atoms with Gasteiger partial charge in [-0.2, -0.15) is 0 Å². The average Bonchev–Trinajstić information content (AvgIpc) is 2.53. The number of H-pyrrole nitrogens is 1. The van der Waals surface area contributed by atoms with Gasteiger partial charge in [0.25, 0.3) is 5.56 Å². The third-order valence-corrected chi connectivity index (χ3v) is 5.11. The van der Waals surface area contributed by atoms with E-state index in [0.29, 0.717) is 22.0 Å². The molecule has 122 valence electrons. The van der Waals surface area contributed by atoms with Crippen molar-refractivity contribution < 1.29 is 4.79 Å². The van der Waals surface area contributed by atoms with Crippen LogP contribution in [-0.4, -0.2) is 27.7 Å². The second kappa shape index (κ2) is 7.17. The number of aromatic amines is 1. The van der Waals surface area contributed by atoms with Gasteiger partial charge in [-0.3, -0.25) is 9.59 Å². The van der Waals surface area contributed by atoms with Gasteiger partial charge in [0.1, 0.15) is 0 Å². The molecule has 0 aliphatic heterocycles. The number of fused-ring (bicyclic) bond motifs is 1. The Bertz CT molecular complexity index is 759. The molecule has 1 aromatic heterocycles. The highest BCUT2D eigenvalue weighted by molar-refractivity contribution is 7.99. The van der Waals surface area contributed by atoms with Gasteiger partial charge in [-0.25, -0.2) is 4.98 Å². The molecule has 0 spiro atoms. The fourth-order valence-electron chi connectivity index (χ4n) is 3.10. The zero-order chi connectivity index (χ0) is 16.2. The molecule has 1 aromatic carbocycles. The van der Waals surface area contributed by atoms with Crippen LogP contribution in [0.1, 0.15) is 32.6 Å². The van der Waals surface area contributed by atoms with Crippen LogP contribution in [0.15, 0.2) is 34.2 Å². The van der Waals surface area contributed by atoms with E-state index in [1.807, 2.05) is 12.1 Å². The Hall–Kier alpha value is -1.82. The van der Waals surface area contributed by atoms with Crippen LogP contribution in [0.5, 0.6) is 0 Å². The van der Waals surface area contributed by atoms with Gasteiger partial charge in [-0.1, -0.05) is 43.7 Å². The molecule has 5 nitrogen and oxygen atoms in total. The third kappa shape index (κ3) is 4.13. The molecular weight excluding hydrogens is 310 g/mol. The number of hydrogen-bond donors (Lipinski definition) is 2. The lowest BCUT2D eigenvalue weighted by Crippen LogP contribution is -2.38. The van der Waals surface area contributed by atoms with Crippen LogP contribution < -0.4 is 10.9 Å². The topological polar surface area (TPSA) is 74.8 Å². The Morgan fingerprint density at radius 3 is 3.04 bits per heavy atom. The monoisotopic (exact) mass is 331 g/mol. The van der Waals surface area contributed by atoms with Crippen molar-refractivity contribution >= 4 is 28.6 Å². The average molecular weight is 331 g/mol. The summed E-state index contributed by atoms with van der Waals surface area (Å²) in [6.45, 7) is 2.23. The van der Waals surface area contributed by atoms with Crippen LogP contribution in [0.3, 0.4) is 0 Å². The van der Waals surface area contributed by atoms with E-state index >= 15 is 0 Å². The molecule has 6 heteroatoms. The maximum absolute atomic E-state index is 12.1. The molecule has 1 saturated carbocycles. The molecule has 2 N–H and O–H groups in total. The van der Waals surface area contributed by atoms with Crippen molar-refractivity contribution in [2.45, 2.75) is 43.8 Å². The molecule has 0 bridgehead atoms. The van der Waals surface area contributed by atoms with E-state index in [1.54, 1.807) is 12.1 Å². The van der Waals surface area contributed by atoms with Crippen molar-refractivity contribution in [2.75, 3.05) is 5.75 Å². The van der Waals surface area contributed by atoms with Crippen molar-refractivity contribution in [1.82, 2.24) is 15.3 Å². The zero-order valence-corrected chi connectivity index (χ0v) is 14.0. The van der Waals surface area contributed by atoms with Gasteiger partial charge in [0, 0.05) is 6.04 Å². The maximum Gasteiger partial charge on any atom is 0.259 e. The van der Waals surface area contributed by atoms with Crippen molar-refractivity contribution in [3.63, 3.8) is 0 Å². The van der Waals surface area contributed by atoms with Crippen molar-refractivity contribution in [1.29, 1.82) is 0 Å². The molecule has 0 radical (unpaired) electrons. The first-order valence-corrected chi connectivity index (χ1v) is 9.01. The molecule has 2 unspecified atom stereocenters. The van der Waals surface area contributed by atoms with Crippen molar-refractivity contribution in [3.8, 4) is 0 Å². The number of rotatable bonds is 4. The molecule has 1 aliphatic rings. The van der Waals surface area contributed by atoms with Crippen molar-refractivity contribution in [3.05, 3.63) is 34.6 Å². The number of amides is 1. The fraction of sp³-hybridized carbons (Fsp3) is 0.471. The van der Waals surface area contributed by atoms with E-state index in [4.69, 9.17) is 0 Å². The van der Waals surface area contributed by atoms with E-state index in [0.717, 1.165) is 12.8 Å². The summed E-state index contributed by atoms with van der Waals surface area (Å²) in [6.07, 6.45) is 4.55. The number of hydrogen-bond acceptors (Lipinski definition) is 4. The maximum atomic E-state index is 12.1. The minimum Gasteiger partial charge on any atom is -0.353 e. The highest BCUT2D eigenvalue weighted by Crippen LogP contribution is 2.23. The number of nitrogens with one attached hydrogen (secondary N) is 2. The summed E-state index contributed by atoms with van der Waals surface area (Å²) in [4.78, 5) is 31.2. The van der Waals surface area contributed by atoms with E-state index < -0.39 is 0 Å². The number of carbonyl (C=O) groups is 1. The predicted molar refractivity (Wildman–Crippen MR) is 92.7 cm³/mol. The third-order valence-electron chi connectivity index (χ3n) is 4.23.